The first-order valence-corrected chi connectivity index (χ1v) is 7.12. The molecule has 1 N–H and O–H groups in total. The van der Waals surface area contributed by atoms with Gasteiger partial charge in [-0.1, -0.05) is 13.8 Å². The minimum Gasteiger partial charge on any atom is -0.367 e. The zero-order valence-electron chi connectivity index (χ0n) is 12.4. The molecule has 6 nitrogen and oxygen atoms in total. The smallest absolute Gasteiger partial charge is 0.226 e. The third-order valence-electron chi connectivity index (χ3n) is 2.86. The van der Waals surface area contributed by atoms with Gasteiger partial charge in [-0.05, 0) is 31.6 Å². The van der Waals surface area contributed by atoms with Gasteiger partial charge in [0.05, 0.1) is 6.33 Å². The minimum atomic E-state index is 0.222. The number of nitrogens with zero attached hydrogens (tertiary/aromatic N) is 5. The van der Waals surface area contributed by atoms with Crippen LogP contribution in [0.2, 0.25) is 5.28 Å². The van der Waals surface area contributed by atoms with E-state index in [4.69, 9.17) is 11.6 Å². The normalized spacial score (nSPS) is 11.8. The lowest BCUT2D eigenvalue weighted by atomic mass is 10.2. The second-order valence-corrected chi connectivity index (χ2v) is 5.87. The molecule has 0 saturated carbocycles. The first-order chi connectivity index (χ1) is 9.47. The Morgan fingerprint density at radius 2 is 2.10 bits per heavy atom. The number of likely N-dealkylation sites (N-methyl/N-ethyl adjacent to an activating group) is 1. The highest BCUT2D eigenvalue weighted by atomic mass is 35.5. The van der Waals surface area contributed by atoms with E-state index in [1.54, 1.807) is 6.33 Å². The van der Waals surface area contributed by atoms with Crippen molar-refractivity contribution in [3.8, 4) is 0 Å². The number of imidazole rings is 1. The van der Waals surface area contributed by atoms with E-state index in [2.05, 4.69) is 43.6 Å². The number of fused-ring (bicyclic) bond motifs is 1. The van der Waals surface area contributed by atoms with Gasteiger partial charge in [-0.25, -0.2) is 4.98 Å². The molecule has 20 heavy (non-hydrogen) atoms. The Morgan fingerprint density at radius 3 is 2.75 bits per heavy atom. The van der Waals surface area contributed by atoms with Crippen LogP contribution in [0.25, 0.3) is 11.2 Å². The summed E-state index contributed by atoms with van der Waals surface area (Å²) < 4.78 is 2.08. The number of hydrogen-bond acceptors (Lipinski definition) is 5. The monoisotopic (exact) mass is 296 g/mol. The molecule has 0 radical (unpaired) electrons. The fourth-order valence-electron chi connectivity index (χ4n) is 2.01. The summed E-state index contributed by atoms with van der Waals surface area (Å²) in [6, 6.07) is 0. The zero-order chi connectivity index (χ0) is 14.7. The third-order valence-corrected chi connectivity index (χ3v) is 3.03. The van der Waals surface area contributed by atoms with Gasteiger partial charge in [-0.15, -0.1) is 0 Å². The molecular weight excluding hydrogens is 276 g/mol. The molecule has 2 aromatic heterocycles. The molecule has 0 unspecified atom stereocenters. The van der Waals surface area contributed by atoms with Gasteiger partial charge in [0.1, 0.15) is 5.52 Å². The van der Waals surface area contributed by atoms with Crippen LogP contribution in [0.4, 0.5) is 5.82 Å². The van der Waals surface area contributed by atoms with E-state index in [1.165, 1.54) is 0 Å². The summed E-state index contributed by atoms with van der Waals surface area (Å²) in [7, 11) is 4.07. The van der Waals surface area contributed by atoms with Gasteiger partial charge in [0.2, 0.25) is 5.28 Å². The van der Waals surface area contributed by atoms with E-state index >= 15 is 0 Å². The predicted molar refractivity (Wildman–Crippen MR) is 82.2 cm³/mol. The Bertz CT molecular complexity index is 577. The fraction of sp³-hybridized carbons (Fsp3) is 0.615. The predicted octanol–water partition coefficient (Wildman–Crippen LogP) is 2.11. The largest absolute Gasteiger partial charge is 0.367 e. The van der Waals surface area contributed by atoms with Crippen molar-refractivity contribution < 1.29 is 0 Å². The van der Waals surface area contributed by atoms with E-state index in [9.17, 15) is 0 Å². The van der Waals surface area contributed by atoms with Crippen LogP contribution in [-0.4, -0.2) is 51.6 Å². The maximum absolute atomic E-state index is 5.96. The highest BCUT2D eigenvalue weighted by Crippen LogP contribution is 2.22. The molecule has 0 aliphatic rings. The Labute approximate surface area is 124 Å². The molecule has 7 heteroatoms. The molecule has 0 aliphatic heterocycles. The quantitative estimate of drug-likeness (QED) is 0.827. The summed E-state index contributed by atoms with van der Waals surface area (Å²) >= 11 is 5.96. The van der Waals surface area contributed by atoms with Crippen molar-refractivity contribution in [1.29, 1.82) is 0 Å². The summed E-state index contributed by atoms with van der Waals surface area (Å²) in [5, 5.41) is 3.54. The average Bonchev–Trinajstić information content (AvgIpc) is 2.70. The minimum absolute atomic E-state index is 0.222. The second kappa shape index (κ2) is 6.37. The molecule has 0 fully saturated rings. The van der Waals surface area contributed by atoms with Crippen LogP contribution in [0.1, 0.15) is 13.8 Å². The van der Waals surface area contributed by atoms with Crippen LogP contribution < -0.4 is 5.32 Å². The molecule has 0 bridgehead atoms. The SMILES string of the molecule is CC(C)Cn1cnc2nc(Cl)nc(NCCN(C)C)c21. The topological polar surface area (TPSA) is 58.9 Å². The van der Waals surface area contributed by atoms with Crippen molar-refractivity contribution in [1.82, 2.24) is 24.4 Å². The zero-order valence-corrected chi connectivity index (χ0v) is 13.1. The number of nitrogens with one attached hydrogen (secondary N) is 1. The molecule has 0 saturated heterocycles. The molecule has 0 spiro atoms. The van der Waals surface area contributed by atoms with E-state index in [0.29, 0.717) is 11.6 Å². The number of anilines is 1. The Hall–Kier alpha value is -1.40. The van der Waals surface area contributed by atoms with Gasteiger partial charge < -0.3 is 14.8 Å². The highest BCUT2D eigenvalue weighted by molar-refractivity contribution is 6.28. The van der Waals surface area contributed by atoms with E-state index in [-0.39, 0.29) is 5.28 Å². The summed E-state index contributed by atoms with van der Waals surface area (Å²) in [6.07, 6.45) is 1.80. The van der Waals surface area contributed by atoms with Crippen molar-refractivity contribution in [2.24, 2.45) is 5.92 Å². The van der Waals surface area contributed by atoms with Crippen LogP contribution >= 0.6 is 11.6 Å². The van der Waals surface area contributed by atoms with Gasteiger partial charge in [0.25, 0.3) is 0 Å². The van der Waals surface area contributed by atoms with Crippen LogP contribution in [-0.2, 0) is 6.54 Å². The number of halogens is 1. The molecule has 0 aliphatic carbocycles. The molecule has 2 rings (SSSR count). The fourth-order valence-corrected chi connectivity index (χ4v) is 2.17. The Morgan fingerprint density at radius 1 is 1.35 bits per heavy atom. The second-order valence-electron chi connectivity index (χ2n) is 5.53. The van der Waals surface area contributed by atoms with Crippen LogP contribution in [0, 0.1) is 5.92 Å². The number of hydrogen-bond donors (Lipinski definition) is 1. The van der Waals surface area contributed by atoms with Crippen molar-refractivity contribution in [2.45, 2.75) is 20.4 Å². The van der Waals surface area contributed by atoms with Crippen LogP contribution in [0.5, 0.6) is 0 Å². The Balaban J connectivity index is 2.32. The summed E-state index contributed by atoms with van der Waals surface area (Å²) in [5.74, 6) is 1.28. The highest BCUT2D eigenvalue weighted by Gasteiger charge is 2.13. The van der Waals surface area contributed by atoms with Crippen molar-refractivity contribution in [3.63, 3.8) is 0 Å². The molecular formula is C13H21ClN6. The van der Waals surface area contributed by atoms with Gasteiger partial charge in [-0.3, -0.25) is 0 Å². The first-order valence-electron chi connectivity index (χ1n) is 6.74. The van der Waals surface area contributed by atoms with Crippen LogP contribution in [0.3, 0.4) is 0 Å². The van der Waals surface area contributed by atoms with Crippen molar-refractivity contribution >= 4 is 28.6 Å². The summed E-state index contributed by atoms with van der Waals surface area (Å²) in [6.45, 7) is 6.93. The molecule has 2 aromatic rings. The van der Waals surface area contributed by atoms with Crippen molar-refractivity contribution in [3.05, 3.63) is 11.6 Å². The molecule has 0 amide bonds. The third kappa shape index (κ3) is 3.58. The lowest BCUT2D eigenvalue weighted by Crippen LogP contribution is -2.21. The van der Waals surface area contributed by atoms with Gasteiger partial charge in [0, 0.05) is 19.6 Å². The number of aromatic nitrogens is 4. The van der Waals surface area contributed by atoms with Gasteiger partial charge in [-0.2, -0.15) is 9.97 Å². The summed E-state index contributed by atoms with van der Waals surface area (Å²) in [4.78, 5) is 14.9. The van der Waals surface area contributed by atoms with Crippen LogP contribution in [0.15, 0.2) is 6.33 Å². The summed E-state index contributed by atoms with van der Waals surface area (Å²) in [5.41, 5.74) is 1.56. The molecule has 0 aromatic carbocycles. The molecule has 110 valence electrons. The van der Waals surface area contributed by atoms with E-state index in [0.717, 1.165) is 31.0 Å². The maximum Gasteiger partial charge on any atom is 0.226 e. The van der Waals surface area contributed by atoms with E-state index < -0.39 is 0 Å². The first kappa shape index (κ1) is 15.0. The lowest BCUT2D eigenvalue weighted by Gasteiger charge is -2.13. The van der Waals surface area contributed by atoms with Gasteiger partial charge in [0.15, 0.2) is 11.5 Å². The maximum atomic E-state index is 5.96. The molecule has 0 atom stereocenters. The van der Waals surface area contributed by atoms with Crippen molar-refractivity contribution in [2.75, 3.05) is 32.5 Å². The van der Waals surface area contributed by atoms with Gasteiger partial charge >= 0.3 is 0 Å². The Kier molecular flexibility index (Phi) is 4.77. The average molecular weight is 297 g/mol. The molecule has 2 heterocycles. The van der Waals surface area contributed by atoms with E-state index in [1.807, 2.05) is 14.1 Å². The number of rotatable bonds is 6. The standard InChI is InChI=1S/C13H21ClN6/c1-9(2)7-20-8-16-12-10(20)11(17-13(14)18-12)15-5-6-19(3)4/h8-9H,5-7H2,1-4H3,(H,15,17,18). The lowest BCUT2D eigenvalue weighted by molar-refractivity contribution is 0.425.